The number of hydrogen-bond acceptors (Lipinski definition) is 4. The van der Waals surface area contributed by atoms with E-state index in [1.54, 1.807) is 6.07 Å². The van der Waals surface area contributed by atoms with Gasteiger partial charge in [0, 0.05) is 37.2 Å². The van der Waals surface area contributed by atoms with Crippen molar-refractivity contribution in [3.63, 3.8) is 0 Å². The second-order valence-corrected chi connectivity index (χ2v) is 6.34. The predicted octanol–water partition coefficient (Wildman–Crippen LogP) is 2.74. The number of nitro benzene ring substituents is 1. The van der Waals surface area contributed by atoms with Crippen LogP contribution in [0.3, 0.4) is 0 Å². The number of carbonyl (C=O) groups excluding carboxylic acids is 1. The lowest BCUT2D eigenvalue weighted by atomic mass is 10.0. The Morgan fingerprint density at radius 1 is 1.27 bits per heavy atom. The number of nitro groups is 1. The van der Waals surface area contributed by atoms with Crippen molar-refractivity contribution in [3.05, 3.63) is 33.3 Å². The summed E-state index contributed by atoms with van der Waals surface area (Å²) in [5.41, 5.74) is 0.819. The molecule has 1 N–H and O–H groups in total. The highest BCUT2D eigenvalue weighted by atomic mass is 35.5. The highest BCUT2D eigenvalue weighted by Gasteiger charge is 2.32. The molecule has 1 heterocycles. The van der Waals surface area contributed by atoms with Crippen LogP contribution in [-0.2, 0) is 4.79 Å². The lowest BCUT2D eigenvalue weighted by molar-refractivity contribution is -0.384. The van der Waals surface area contributed by atoms with E-state index in [1.165, 1.54) is 12.1 Å². The minimum absolute atomic E-state index is 0.000308. The third kappa shape index (κ3) is 3.32. The monoisotopic (exact) mass is 323 g/mol. The van der Waals surface area contributed by atoms with E-state index in [1.807, 2.05) is 0 Å². The van der Waals surface area contributed by atoms with Crippen LogP contribution in [0.5, 0.6) is 0 Å². The Hall–Kier alpha value is -1.82. The van der Waals surface area contributed by atoms with Gasteiger partial charge in [-0.25, -0.2) is 0 Å². The molecule has 0 aromatic heterocycles. The van der Waals surface area contributed by atoms with Gasteiger partial charge in [-0.15, -0.1) is 0 Å². The van der Waals surface area contributed by atoms with Crippen LogP contribution in [0, 0.1) is 16.0 Å². The fourth-order valence-corrected chi connectivity index (χ4v) is 3.09. The summed E-state index contributed by atoms with van der Waals surface area (Å²) in [5, 5.41) is 14.2. The Labute approximate surface area is 133 Å². The average Bonchev–Trinajstić information content (AvgIpc) is 3.33. The average molecular weight is 324 g/mol. The molecule has 1 aromatic rings. The Bertz CT molecular complexity index is 596. The van der Waals surface area contributed by atoms with Crippen molar-refractivity contribution in [2.75, 3.05) is 18.0 Å². The number of amides is 1. The highest BCUT2D eigenvalue weighted by molar-refractivity contribution is 6.33. The van der Waals surface area contributed by atoms with E-state index < -0.39 is 4.92 Å². The Balaban J connectivity index is 1.58. The van der Waals surface area contributed by atoms with Crippen LogP contribution in [0.1, 0.15) is 25.7 Å². The molecular formula is C15H18ClN3O3. The summed E-state index contributed by atoms with van der Waals surface area (Å²) >= 11 is 6.16. The molecule has 2 fully saturated rings. The lowest BCUT2D eigenvalue weighted by Gasteiger charge is -2.34. The zero-order valence-corrected chi connectivity index (χ0v) is 12.9. The zero-order valence-electron chi connectivity index (χ0n) is 12.1. The van der Waals surface area contributed by atoms with E-state index in [2.05, 4.69) is 10.2 Å². The molecule has 1 amide bonds. The molecule has 22 heavy (non-hydrogen) atoms. The van der Waals surface area contributed by atoms with Gasteiger partial charge in [0.25, 0.3) is 5.69 Å². The number of nitrogens with zero attached hydrogens (tertiary/aromatic N) is 2. The van der Waals surface area contributed by atoms with Crippen LogP contribution in [0.15, 0.2) is 18.2 Å². The normalized spacial score (nSPS) is 19.0. The van der Waals surface area contributed by atoms with Gasteiger partial charge < -0.3 is 10.2 Å². The third-order valence-corrected chi connectivity index (χ3v) is 4.57. The number of nitrogens with one attached hydrogen (secondary N) is 1. The number of carbonyl (C=O) groups is 1. The van der Waals surface area contributed by atoms with Gasteiger partial charge in [0.1, 0.15) is 0 Å². The molecular weight excluding hydrogens is 306 g/mol. The van der Waals surface area contributed by atoms with Crippen LogP contribution >= 0.6 is 11.6 Å². The van der Waals surface area contributed by atoms with Gasteiger partial charge in [-0.2, -0.15) is 0 Å². The topological polar surface area (TPSA) is 75.5 Å². The predicted molar refractivity (Wildman–Crippen MR) is 84.2 cm³/mol. The van der Waals surface area contributed by atoms with Gasteiger partial charge in [0.15, 0.2) is 0 Å². The Morgan fingerprint density at radius 3 is 2.50 bits per heavy atom. The van der Waals surface area contributed by atoms with Gasteiger partial charge in [-0.05, 0) is 31.7 Å². The van der Waals surface area contributed by atoms with Crippen LogP contribution in [0.4, 0.5) is 11.4 Å². The number of non-ortho nitro benzene ring substituents is 1. The summed E-state index contributed by atoms with van der Waals surface area (Å²) in [6.45, 7) is 1.57. The quantitative estimate of drug-likeness (QED) is 0.683. The molecule has 1 aliphatic heterocycles. The molecule has 6 nitrogen and oxygen atoms in total. The van der Waals surface area contributed by atoms with Crippen LogP contribution < -0.4 is 10.2 Å². The molecule has 3 rings (SSSR count). The maximum Gasteiger partial charge on any atom is 0.271 e. The molecule has 1 aliphatic carbocycles. The Morgan fingerprint density at radius 2 is 1.95 bits per heavy atom. The first-order valence-electron chi connectivity index (χ1n) is 7.54. The smallest absolute Gasteiger partial charge is 0.271 e. The van der Waals surface area contributed by atoms with Crippen molar-refractivity contribution >= 4 is 28.9 Å². The van der Waals surface area contributed by atoms with Crippen molar-refractivity contribution in [1.29, 1.82) is 0 Å². The summed E-state index contributed by atoms with van der Waals surface area (Å²) in [7, 11) is 0. The largest absolute Gasteiger partial charge is 0.370 e. The minimum Gasteiger partial charge on any atom is -0.370 e. The highest BCUT2D eigenvalue weighted by Crippen LogP contribution is 2.32. The molecule has 0 bridgehead atoms. The van der Waals surface area contributed by atoms with E-state index in [0.717, 1.165) is 44.5 Å². The summed E-state index contributed by atoms with van der Waals surface area (Å²) < 4.78 is 0. The fourth-order valence-electron chi connectivity index (χ4n) is 2.80. The number of rotatable bonds is 4. The molecule has 1 saturated carbocycles. The van der Waals surface area contributed by atoms with Crippen molar-refractivity contribution in [2.45, 2.75) is 31.7 Å². The maximum atomic E-state index is 11.8. The van der Waals surface area contributed by atoms with Crippen LogP contribution in [0.25, 0.3) is 0 Å². The molecule has 1 aromatic carbocycles. The molecule has 0 unspecified atom stereocenters. The van der Waals surface area contributed by atoms with E-state index in [4.69, 9.17) is 11.6 Å². The van der Waals surface area contributed by atoms with E-state index in [0.29, 0.717) is 5.02 Å². The first kappa shape index (κ1) is 15.1. The molecule has 118 valence electrons. The van der Waals surface area contributed by atoms with Crippen molar-refractivity contribution in [1.82, 2.24) is 5.32 Å². The Kier molecular flexibility index (Phi) is 4.20. The maximum absolute atomic E-state index is 11.8. The molecule has 0 radical (unpaired) electrons. The number of benzene rings is 1. The van der Waals surface area contributed by atoms with E-state index in [9.17, 15) is 14.9 Å². The lowest BCUT2D eigenvalue weighted by Crippen LogP contribution is -2.45. The molecule has 1 saturated heterocycles. The second kappa shape index (κ2) is 6.12. The van der Waals surface area contributed by atoms with E-state index >= 15 is 0 Å². The first-order valence-corrected chi connectivity index (χ1v) is 7.91. The summed E-state index contributed by atoms with van der Waals surface area (Å²) in [4.78, 5) is 24.2. The van der Waals surface area contributed by atoms with Gasteiger partial charge >= 0.3 is 0 Å². The summed E-state index contributed by atoms with van der Waals surface area (Å²) in [5.74, 6) is 0.425. The number of piperidine rings is 1. The number of anilines is 1. The third-order valence-electron chi connectivity index (χ3n) is 4.27. The van der Waals surface area contributed by atoms with Gasteiger partial charge in [-0.1, -0.05) is 11.6 Å². The summed E-state index contributed by atoms with van der Waals surface area (Å²) in [6, 6.07) is 4.78. The number of halogens is 1. The van der Waals surface area contributed by atoms with E-state index in [-0.39, 0.29) is 23.6 Å². The van der Waals surface area contributed by atoms with Crippen LogP contribution in [-0.4, -0.2) is 30.0 Å². The van der Waals surface area contributed by atoms with Crippen LogP contribution in [0.2, 0.25) is 5.02 Å². The summed E-state index contributed by atoms with van der Waals surface area (Å²) in [6.07, 6.45) is 3.77. The van der Waals surface area contributed by atoms with Gasteiger partial charge in [-0.3, -0.25) is 14.9 Å². The first-order chi connectivity index (χ1) is 10.5. The standard InChI is InChI=1S/C15H18ClN3O3/c16-13-9-12(19(21)22)3-4-14(13)18-7-5-11(6-8-18)17-15(20)10-1-2-10/h3-4,9-11H,1-2,5-8H2,(H,17,20). The molecule has 2 aliphatic rings. The fraction of sp³-hybridized carbons (Fsp3) is 0.533. The van der Waals surface area contributed by atoms with Crippen molar-refractivity contribution < 1.29 is 9.72 Å². The number of hydrogen-bond donors (Lipinski definition) is 1. The second-order valence-electron chi connectivity index (χ2n) is 5.94. The minimum atomic E-state index is -0.449. The van der Waals surface area contributed by atoms with Gasteiger partial charge in [0.05, 0.1) is 15.6 Å². The molecule has 0 spiro atoms. The van der Waals surface area contributed by atoms with Crippen molar-refractivity contribution in [3.8, 4) is 0 Å². The molecule has 0 atom stereocenters. The molecule has 7 heteroatoms. The van der Waals surface area contributed by atoms with Gasteiger partial charge in [0.2, 0.25) is 5.91 Å². The SMILES string of the molecule is O=C(NC1CCN(c2ccc([N+](=O)[O-])cc2Cl)CC1)C1CC1. The van der Waals surface area contributed by atoms with Crippen molar-refractivity contribution in [2.24, 2.45) is 5.92 Å². The zero-order chi connectivity index (χ0) is 15.7.